The molecular weight excluding hydrogens is 364 g/mol. The van der Waals surface area contributed by atoms with Crippen molar-refractivity contribution < 1.29 is 17.9 Å². The lowest BCUT2D eigenvalue weighted by Gasteiger charge is -2.19. The minimum atomic E-state index is -3.57. The average molecular weight is 391 g/mol. The summed E-state index contributed by atoms with van der Waals surface area (Å²) in [4.78, 5) is 12.6. The third kappa shape index (κ3) is 5.08. The second-order valence-electron chi connectivity index (χ2n) is 6.16. The molecule has 0 aliphatic heterocycles. The van der Waals surface area contributed by atoms with Gasteiger partial charge in [0.2, 0.25) is 15.9 Å². The molecule has 2 aromatic carbocycles. The number of nitrogens with one attached hydrogen (secondary N) is 1. The van der Waals surface area contributed by atoms with Gasteiger partial charge in [-0.15, -0.1) is 0 Å². The molecule has 0 heterocycles. The summed E-state index contributed by atoms with van der Waals surface area (Å²) in [6.07, 6.45) is 0.137. The van der Waals surface area contributed by atoms with Crippen LogP contribution in [0, 0.1) is 6.92 Å². The Labute approximate surface area is 161 Å². The van der Waals surface area contributed by atoms with Crippen LogP contribution in [0.5, 0.6) is 5.75 Å². The molecule has 0 unspecified atom stereocenters. The molecule has 2 aromatic rings. The number of carbonyl (C=O) groups is 1. The molecule has 0 aromatic heterocycles. The smallest absolute Gasteiger partial charge is 0.243 e. The van der Waals surface area contributed by atoms with E-state index in [0.717, 1.165) is 11.1 Å². The van der Waals surface area contributed by atoms with E-state index in [2.05, 4.69) is 5.32 Å². The topological polar surface area (TPSA) is 75.7 Å². The van der Waals surface area contributed by atoms with Crippen molar-refractivity contribution in [2.75, 3.05) is 25.5 Å². The molecule has 1 N–H and O–H groups in total. The van der Waals surface area contributed by atoms with E-state index in [4.69, 9.17) is 4.74 Å². The highest BCUT2D eigenvalue weighted by Gasteiger charge is 2.22. The number of hydrogen-bond acceptors (Lipinski definition) is 4. The van der Waals surface area contributed by atoms with E-state index in [1.165, 1.54) is 16.4 Å². The molecule has 0 saturated carbocycles. The number of nitrogens with zero attached hydrogens (tertiary/aromatic N) is 1. The summed E-state index contributed by atoms with van der Waals surface area (Å²) in [5.41, 5.74) is 2.26. The highest BCUT2D eigenvalue weighted by atomic mass is 32.2. The van der Waals surface area contributed by atoms with Crippen LogP contribution in [0.25, 0.3) is 0 Å². The van der Waals surface area contributed by atoms with E-state index in [1.54, 1.807) is 33.1 Å². The zero-order valence-electron chi connectivity index (χ0n) is 16.2. The number of anilines is 1. The van der Waals surface area contributed by atoms with Crippen LogP contribution >= 0.6 is 0 Å². The molecular formula is C20H26N2O4S. The maximum Gasteiger partial charge on any atom is 0.243 e. The quantitative estimate of drug-likeness (QED) is 0.751. The summed E-state index contributed by atoms with van der Waals surface area (Å²) < 4.78 is 32.0. The predicted octanol–water partition coefficient (Wildman–Crippen LogP) is 3.22. The number of benzene rings is 2. The molecule has 6 nitrogen and oxygen atoms in total. The Morgan fingerprint density at radius 2 is 1.81 bits per heavy atom. The van der Waals surface area contributed by atoms with Gasteiger partial charge in [-0.05, 0) is 31.2 Å². The van der Waals surface area contributed by atoms with Crippen molar-refractivity contribution in [1.82, 2.24) is 4.31 Å². The van der Waals surface area contributed by atoms with Crippen LogP contribution in [0.15, 0.2) is 47.4 Å². The Bertz CT molecular complexity index is 906. The van der Waals surface area contributed by atoms with Gasteiger partial charge < -0.3 is 10.1 Å². The molecule has 0 radical (unpaired) electrons. The molecule has 146 valence electrons. The van der Waals surface area contributed by atoms with Crippen molar-refractivity contribution >= 4 is 21.6 Å². The van der Waals surface area contributed by atoms with Gasteiger partial charge in [-0.2, -0.15) is 4.31 Å². The Morgan fingerprint density at radius 1 is 1.11 bits per heavy atom. The lowest BCUT2D eigenvalue weighted by atomic mass is 10.1. The number of methoxy groups -OCH3 is 1. The molecule has 0 spiro atoms. The van der Waals surface area contributed by atoms with Crippen LogP contribution in [-0.4, -0.2) is 38.8 Å². The maximum atomic E-state index is 12.6. The minimum absolute atomic E-state index is 0.137. The fourth-order valence-electron chi connectivity index (χ4n) is 2.87. The lowest BCUT2D eigenvalue weighted by molar-refractivity contribution is -0.115. The van der Waals surface area contributed by atoms with E-state index in [0.29, 0.717) is 24.5 Å². The van der Waals surface area contributed by atoms with E-state index < -0.39 is 10.0 Å². The van der Waals surface area contributed by atoms with Gasteiger partial charge in [-0.1, -0.05) is 37.6 Å². The third-order valence-electron chi connectivity index (χ3n) is 4.25. The zero-order valence-corrected chi connectivity index (χ0v) is 17.0. The molecule has 1 amide bonds. The van der Waals surface area contributed by atoms with Crippen molar-refractivity contribution in [1.29, 1.82) is 0 Å². The molecule has 2 rings (SSSR count). The summed E-state index contributed by atoms with van der Waals surface area (Å²) in [5.74, 6) is 0.407. The lowest BCUT2D eigenvalue weighted by Crippen LogP contribution is -2.30. The van der Waals surface area contributed by atoms with Crippen LogP contribution in [0.2, 0.25) is 0 Å². The summed E-state index contributed by atoms with van der Waals surface area (Å²) >= 11 is 0. The number of amides is 1. The first-order valence-corrected chi connectivity index (χ1v) is 10.3. The number of aryl methyl sites for hydroxylation is 1. The van der Waals surface area contributed by atoms with Crippen molar-refractivity contribution in [3.63, 3.8) is 0 Å². The van der Waals surface area contributed by atoms with E-state index in [1.807, 2.05) is 25.1 Å². The molecule has 0 saturated heterocycles. The second kappa shape index (κ2) is 9.01. The summed E-state index contributed by atoms with van der Waals surface area (Å²) in [5, 5.41) is 2.77. The Morgan fingerprint density at radius 3 is 2.44 bits per heavy atom. The van der Waals surface area contributed by atoms with Crippen LogP contribution in [0.3, 0.4) is 0 Å². The van der Waals surface area contributed by atoms with Gasteiger partial charge in [-0.25, -0.2) is 8.42 Å². The van der Waals surface area contributed by atoms with E-state index >= 15 is 0 Å². The van der Waals surface area contributed by atoms with Crippen LogP contribution in [0.4, 0.5) is 5.69 Å². The SMILES string of the molecule is CCN(CC)S(=O)(=O)c1cccc(NC(=O)Cc2cc(C)ccc2OC)c1. The fraction of sp³-hybridized carbons (Fsp3) is 0.350. The molecule has 0 fully saturated rings. The number of rotatable bonds is 8. The Hall–Kier alpha value is -2.38. The van der Waals surface area contributed by atoms with Crippen molar-refractivity contribution in [3.8, 4) is 5.75 Å². The molecule has 0 bridgehead atoms. The van der Waals surface area contributed by atoms with Crippen molar-refractivity contribution in [2.24, 2.45) is 0 Å². The summed E-state index contributed by atoms with van der Waals surface area (Å²) in [6, 6.07) is 12.0. The molecule has 0 aliphatic carbocycles. The minimum Gasteiger partial charge on any atom is -0.496 e. The third-order valence-corrected chi connectivity index (χ3v) is 6.29. The number of hydrogen-bond donors (Lipinski definition) is 1. The molecule has 7 heteroatoms. The standard InChI is InChI=1S/C20H26N2O4S/c1-5-22(6-2)27(24,25)18-9-7-8-17(14-18)21-20(23)13-16-12-15(3)10-11-19(16)26-4/h7-12,14H,5-6,13H2,1-4H3,(H,21,23). The monoisotopic (exact) mass is 390 g/mol. The fourth-order valence-corrected chi connectivity index (χ4v) is 4.37. The maximum absolute atomic E-state index is 12.6. The van der Waals surface area contributed by atoms with Crippen molar-refractivity contribution in [2.45, 2.75) is 32.1 Å². The molecule has 0 atom stereocenters. The van der Waals surface area contributed by atoms with Gasteiger partial charge in [0, 0.05) is 24.3 Å². The highest BCUT2D eigenvalue weighted by Crippen LogP contribution is 2.22. The number of carbonyl (C=O) groups excluding carboxylic acids is 1. The average Bonchev–Trinajstić information content (AvgIpc) is 2.63. The van der Waals surface area contributed by atoms with Crippen molar-refractivity contribution in [3.05, 3.63) is 53.6 Å². The molecule has 0 aliphatic rings. The normalized spacial score (nSPS) is 11.4. The molecule has 27 heavy (non-hydrogen) atoms. The van der Waals surface area contributed by atoms with E-state index in [-0.39, 0.29) is 17.2 Å². The Kier molecular flexibility index (Phi) is 6.98. The first kappa shape index (κ1) is 20.9. The van der Waals surface area contributed by atoms with Gasteiger partial charge in [0.25, 0.3) is 0 Å². The Balaban J connectivity index is 2.19. The zero-order chi connectivity index (χ0) is 20.0. The summed E-state index contributed by atoms with van der Waals surface area (Å²) in [7, 11) is -2.01. The van der Waals surface area contributed by atoms with Gasteiger partial charge >= 0.3 is 0 Å². The van der Waals surface area contributed by atoms with Crippen LogP contribution in [-0.2, 0) is 21.2 Å². The van der Waals surface area contributed by atoms with Crippen LogP contribution < -0.4 is 10.1 Å². The van der Waals surface area contributed by atoms with Gasteiger partial charge in [0.15, 0.2) is 0 Å². The highest BCUT2D eigenvalue weighted by molar-refractivity contribution is 7.89. The van der Waals surface area contributed by atoms with Gasteiger partial charge in [-0.3, -0.25) is 4.79 Å². The number of ether oxygens (including phenoxy) is 1. The number of sulfonamides is 1. The van der Waals surface area contributed by atoms with Crippen LogP contribution in [0.1, 0.15) is 25.0 Å². The predicted molar refractivity (Wildman–Crippen MR) is 107 cm³/mol. The first-order chi connectivity index (χ1) is 12.8. The largest absolute Gasteiger partial charge is 0.496 e. The van der Waals surface area contributed by atoms with Gasteiger partial charge in [0.05, 0.1) is 18.4 Å². The summed E-state index contributed by atoms with van der Waals surface area (Å²) in [6.45, 7) is 6.32. The van der Waals surface area contributed by atoms with E-state index in [9.17, 15) is 13.2 Å². The second-order valence-corrected chi connectivity index (χ2v) is 8.10. The first-order valence-electron chi connectivity index (χ1n) is 8.85. The van der Waals surface area contributed by atoms with Gasteiger partial charge in [0.1, 0.15) is 5.75 Å².